The van der Waals surface area contributed by atoms with Crippen molar-refractivity contribution in [2.24, 2.45) is 0 Å². The molecule has 0 bridgehead atoms. The first kappa shape index (κ1) is 7.00. The third kappa shape index (κ3) is 1.24. The van der Waals surface area contributed by atoms with Crippen molar-refractivity contribution in [1.82, 2.24) is 0 Å². The highest BCUT2D eigenvalue weighted by atomic mass is 19.1. The van der Waals surface area contributed by atoms with Gasteiger partial charge in [-0.25, -0.2) is 4.39 Å². The molecule has 1 saturated heterocycles. The van der Waals surface area contributed by atoms with Gasteiger partial charge in [0.25, 0.3) is 0 Å². The molecule has 0 spiro atoms. The fraction of sp³-hybridized carbons (Fsp3) is 0.500. The van der Waals surface area contributed by atoms with Crippen LogP contribution in [0.4, 0.5) is 8.78 Å². The van der Waals surface area contributed by atoms with Gasteiger partial charge in [0.2, 0.25) is 0 Å². The molecular weight excluding hydrogens is 142 g/mol. The first-order valence-electron chi connectivity index (χ1n) is 2.68. The van der Waals surface area contributed by atoms with Gasteiger partial charge in [0, 0.05) is 0 Å². The first-order chi connectivity index (χ1) is 4.74. The van der Waals surface area contributed by atoms with E-state index in [0.717, 1.165) is 6.17 Å². The number of carbonyl (C=O) groups excluding carboxylic acids is 1. The summed E-state index contributed by atoms with van der Waals surface area (Å²) in [7, 11) is 0. The van der Waals surface area contributed by atoms with E-state index in [0.29, 0.717) is 0 Å². The lowest BCUT2D eigenvalue weighted by Gasteiger charge is -1.99. The average Bonchev–Trinajstić information content (AvgIpc) is 2.13. The summed E-state index contributed by atoms with van der Waals surface area (Å²) in [6, 6.07) is 0. The van der Waals surface area contributed by atoms with Crippen molar-refractivity contribution in [1.29, 1.82) is 0 Å². The molecule has 0 radical (unpaired) electrons. The van der Waals surface area contributed by atoms with Crippen LogP contribution in [-0.2, 0) is 9.53 Å². The fourth-order valence-electron chi connectivity index (χ4n) is 0.703. The van der Waals surface area contributed by atoms with E-state index >= 15 is 0 Å². The van der Waals surface area contributed by atoms with Gasteiger partial charge in [-0.3, -0.25) is 4.79 Å². The number of hydrogen-bond donors (Lipinski definition) is 0. The second-order valence-electron chi connectivity index (χ2n) is 1.87. The SMILES string of the molecule is O=C1CC(F)C(C#CF)O1. The number of ether oxygens (including phenoxy) is 1. The lowest BCUT2D eigenvalue weighted by molar-refractivity contribution is -0.139. The van der Waals surface area contributed by atoms with Gasteiger partial charge >= 0.3 is 5.97 Å². The molecule has 0 aromatic carbocycles. The van der Waals surface area contributed by atoms with Gasteiger partial charge in [0.1, 0.15) is 6.17 Å². The van der Waals surface area contributed by atoms with E-state index < -0.39 is 18.2 Å². The molecule has 2 unspecified atom stereocenters. The van der Waals surface area contributed by atoms with E-state index in [9.17, 15) is 13.6 Å². The topological polar surface area (TPSA) is 26.3 Å². The van der Waals surface area contributed by atoms with E-state index in [1.54, 1.807) is 5.92 Å². The Morgan fingerprint density at radius 1 is 1.70 bits per heavy atom. The second kappa shape index (κ2) is 2.65. The third-order valence-electron chi connectivity index (χ3n) is 1.15. The van der Waals surface area contributed by atoms with Gasteiger partial charge in [-0.05, 0) is 5.92 Å². The Kier molecular flexibility index (Phi) is 1.86. The standard InChI is InChI=1S/C6H4F2O2/c7-2-1-5-4(8)3-6(9)10-5/h4-5H,3H2. The van der Waals surface area contributed by atoms with E-state index in [-0.39, 0.29) is 6.42 Å². The minimum atomic E-state index is -1.48. The zero-order valence-electron chi connectivity index (χ0n) is 4.93. The van der Waals surface area contributed by atoms with Crippen molar-refractivity contribution in [2.45, 2.75) is 18.7 Å². The van der Waals surface area contributed by atoms with Crippen LogP contribution >= 0.6 is 0 Å². The molecule has 1 aliphatic rings. The predicted molar refractivity (Wildman–Crippen MR) is 28.3 cm³/mol. The highest BCUT2D eigenvalue weighted by molar-refractivity contribution is 5.73. The molecule has 0 aromatic rings. The lowest BCUT2D eigenvalue weighted by atomic mass is 10.2. The molecule has 0 aromatic heterocycles. The Bertz CT molecular complexity index is 204. The van der Waals surface area contributed by atoms with Crippen LogP contribution in [0.15, 0.2) is 0 Å². The highest BCUT2D eigenvalue weighted by Crippen LogP contribution is 2.17. The summed E-state index contributed by atoms with van der Waals surface area (Å²) in [5, 5.41) is 0. The summed E-state index contributed by atoms with van der Waals surface area (Å²) in [5.41, 5.74) is 0. The third-order valence-corrected chi connectivity index (χ3v) is 1.15. The molecule has 1 aliphatic heterocycles. The van der Waals surface area contributed by atoms with Gasteiger partial charge in [-0.2, -0.15) is 0 Å². The van der Waals surface area contributed by atoms with Crippen molar-refractivity contribution < 1.29 is 18.3 Å². The van der Waals surface area contributed by atoms with Gasteiger partial charge in [0.05, 0.1) is 6.42 Å². The number of esters is 1. The van der Waals surface area contributed by atoms with Gasteiger partial charge in [-0.15, -0.1) is 4.39 Å². The summed E-state index contributed by atoms with van der Waals surface area (Å²) in [6.45, 7) is 0. The van der Waals surface area contributed by atoms with Gasteiger partial charge in [0.15, 0.2) is 12.3 Å². The number of hydrogen-bond acceptors (Lipinski definition) is 2. The number of cyclic esters (lactones) is 1. The fourth-order valence-corrected chi connectivity index (χ4v) is 0.703. The van der Waals surface area contributed by atoms with Crippen LogP contribution in [0.2, 0.25) is 0 Å². The number of rotatable bonds is 0. The zero-order chi connectivity index (χ0) is 7.56. The van der Waals surface area contributed by atoms with Crippen LogP contribution in [0.25, 0.3) is 0 Å². The number of halogens is 2. The molecule has 0 amide bonds. The van der Waals surface area contributed by atoms with Crippen LogP contribution in [0.1, 0.15) is 6.42 Å². The summed E-state index contributed by atoms with van der Waals surface area (Å²) in [6.07, 6.45) is -2.00. The number of carbonyl (C=O) groups is 1. The van der Waals surface area contributed by atoms with Gasteiger partial charge in [-0.1, -0.05) is 0 Å². The Hall–Kier alpha value is -1.11. The molecular formula is C6H4F2O2. The molecule has 1 heterocycles. The molecule has 0 N–H and O–H groups in total. The van der Waals surface area contributed by atoms with Crippen LogP contribution in [0.5, 0.6) is 0 Å². The van der Waals surface area contributed by atoms with E-state index in [4.69, 9.17) is 0 Å². The average molecular weight is 146 g/mol. The molecule has 2 nitrogen and oxygen atoms in total. The summed E-state index contributed by atoms with van der Waals surface area (Å²) < 4.78 is 27.9. The minimum Gasteiger partial charge on any atom is -0.446 e. The molecule has 10 heavy (non-hydrogen) atoms. The van der Waals surface area contributed by atoms with E-state index in [1.807, 2.05) is 0 Å². The minimum absolute atomic E-state index is 0.320. The summed E-state index contributed by atoms with van der Waals surface area (Å²) in [5.74, 6) is 1.12. The zero-order valence-corrected chi connectivity index (χ0v) is 4.93. The van der Waals surface area contributed by atoms with Gasteiger partial charge < -0.3 is 4.74 Å². The quantitative estimate of drug-likeness (QED) is 0.369. The second-order valence-corrected chi connectivity index (χ2v) is 1.87. The molecule has 2 atom stereocenters. The smallest absolute Gasteiger partial charge is 0.310 e. The molecule has 0 aliphatic carbocycles. The maximum atomic E-state index is 12.4. The van der Waals surface area contributed by atoms with Crippen molar-refractivity contribution in [3.05, 3.63) is 0 Å². The predicted octanol–water partition coefficient (Wildman–Crippen LogP) is 0.570. The molecule has 4 heteroatoms. The normalized spacial score (nSPS) is 30.8. The Morgan fingerprint density at radius 3 is 2.80 bits per heavy atom. The maximum absolute atomic E-state index is 12.4. The monoisotopic (exact) mass is 146 g/mol. The van der Waals surface area contributed by atoms with E-state index in [1.165, 1.54) is 0 Å². The van der Waals surface area contributed by atoms with Crippen molar-refractivity contribution >= 4 is 5.97 Å². The Morgan fingerprint density at radius 2 is 2.40 bits per heavy atom. The Labute approximate surface area is 56.2 Å². The number of alkyl halides is 1. The lowest BCUT2D eigenvalue weighted by Crippen LogP contribution is -2.13. The van der Waals surface area contributed by atoms with Crippen LogP contribution < -0.4 is 0 Å². The summed E-state index contributed by atoms with van der Waals surface area (Å²) in [4.78, 5) is 10.3. The highest BCUT2D eigenvalue weighted by Gasteiger charge is 2.33. The van der Waals surface area contributed by atoms with Crippen LogP contribution in [0, 0.1) is 12.1 Å². The Balaban J connectivity index is 2.60. The maximum Gasteiger partial charge on any atom is 0.310 e. The molecule has 1 rings (SSSR count). The van der Waals surface area contributed by atoms with E-state index in [2.05, 4.69) is 4.74 Å². The molecule has 1 fully saturated rings. The molecule has 0 saturated carbocycles. The first-order valence-corrected chi connectivity index (χ1v) is 2.68. The largest absolute Gasteiger partial charge is 0.446 e. The van der Waals surface area contributed by atoms with Crippen molar-refractivity contribution in [2.75, 3.05) is 0 Å². The van der Waals surface area contributed by atoms with Crippen molar-refractivity contribution in [3.63, 3.8) is 0 Å². The van der Waals surface area contributed by atoms with Crippen LogP contribution in [0.3, 0.4) is 0 Å². The van der Waals surface area contributed by atoms with Crippen molar-refractivity contribution in [3.8, 4) is 12.1 Å². The van der Waals surface area contributed by atoms with Crippen LogP contribution in [-0.4, -0.2) is 18.2 Å². The molecule has 54 valence electrons. The summed E-state index contributed by atoms with van der Waals surface area (Å²) >= 11 is 0.